The minimum Gasteiger partial charge on any atom is -0.493 e. The van der Waals surface area contributed by atoms with Crippen LogP contribution < -0.4 is 4.74 Å². The number of rotatable bonds is 3. The van der Waals surface area contributed by atoms with Gasteiger partial charge in [-0.15, -0.1) is 12.4 Å². The molecule has 1 aromatic rings. The van der Waals surface area contributed by atoms with Crippen molar-refractivity contribution in [3.8, 4) is 5.75 Å². The Kier molecular flexibility index (Phi) is 5.79. The fourth-order valence-corrected chi connectivity index (χ4v) is 2.33. The monoisotopic (exact) mass is 255 g/mol. The fourth-order valence-electron chi connectivity index (χ4n) is 2.33. The summed E-state index contributed by atoms with van der Waals surface area (Å²) in [5, 5.41) is 0. The van der Waals surface area contributed by atoms with E-state index in [4.69, 9.17) is 4.74 Å². The number of piperidine rings is 1. The smallest absolute Gasteiger partial charge is 0.119 e. The van der Waals surface area contributed by atoms with Gasteiger partial charge < -0.3 is 9.64 Å². The van der Waals surface area contributed by atoms with Crippen LogP contribution in [0.5, 0.6) is 5.75 Å². The van der Waals surface area contributed by atoms with Crippen molar-refractivity contribution in [2.75, 3.05) is 26.7 Å². The molecule has 1 saturated heterocycles. The van der Waals surface area contributed by atoms with Gasteiger partial charge in [-0.2, -0.15) is 0 Å². The van der Waals surface area contributed by atoms with Gasteiger partial charge in [-0.25, -0.2) is 0 Å². The highest BCUT2D eigenvalue weighted by atomic mass is 35.5. The average Bonchev–Trinajstić information content (AvgIpc) is 2.27. The van der Waals surface area contributed by atoms with E-state index in [1.54, 1.807) is 0 Å². The van der Waals surface area contributed by atoms with E-state index in [1.807, 2.05) is 6.07 Å². The molecule has 0 spiro atoms. The third-order valence-corrected chi connectivity index (χ3v) is 3.20. The Balaban J connectivity index is 0.00000144. The van der Waals surface area contributed by atoms with Crippen molar-refractivity contribution in [1.29, 1.82) is 0 Å². The molecule has 0 aromatic heterocycles. The summed E-state index contributed by atoms with van der Waals surface area (Å²) < 4.78 is 5.85. The van der Waals surface area contributed by atoms with Crippen LogP contribution in [-0.4, -0.2) is 31.6 Å². The lowest BCUT2D eigenvalue weighted by atomic mass is 10.00. The molecule has 2 rings (SSSR count). The molecule has 1 heterocycles. The zero-order valence-corrected chi connectivity index (χ0v) is 11.5. The average molecular weight is 256 g/mol. The summed E-state index contributed by atoms with van der Waals surface area (Å²) >= 11 is 0. The first-order valence-electron chi connectivity index (χ1n) is 6.12. The van der Waals surface area contributed by atoms with Crippen LogP contribution >= 0.6 is 12.4 Å². The van der Waals surface area contributed by atoms with Crippen molar-refractivity contribution in [1.82, 2.24) is 4.90 Å². The number of halogens is 1. The summed E-state index contributed by atoms with van der Waals surface area (Å²) in [6.07, 6.45) is 2.61. The predicted octanol–water partition coefficient (Wildman–Crippen LogP) is 3.14. The van der Waals surface area contributed by atoms with Crippen LogP contribution in [0.25, 0.3) is 0 Å². The highest BCUT2D eigenvalue weighted by Gasteiger charge is 2.17. The summed E-state index contributed by atoms with van der Waals surface area (Å²) in [5.41, 5.74) is 1.26. The Morgan fingerprint density at radius 2 is 2.24 bits per heavy atom. The van der Waals surface area contributed by atoms with Crippen LogP contribution in [0.2, 0.25) is 0 Å². The molecule has 1 aliphatic rings. The number of ether oxygens (including phenoxy) is 1. The lowest BCUT2D eigenvalue weighted by Crippen LogP contribution is -2.34. The van der Waals surface area contributed by atoms with Gasteiger partial charge in [0, 0.05) is 12.5 Å². The molecule has 0 N–H and O–H groups in total. The molecular weight excluding hydrogens is 234 g/mol. The van der Waals surface area contributed by atoms with Crippen molar-refractivity contribution in [2.24, 2.45) is 5.92 Å². The SMILES string of the molecule is Cc1cccc(OCC2CCCN(C)C2)c1.Cl. The highest BCUT2D eigenvalue weighted by Crippen LogP contribution is 2.18. The van der Waals surface area contributed by atoms with E-state index in [9.17, 15) is 0 Å². The Labute approximate surface area is 110 Å². The van der Waals surface area contributed by atoms with Gasteiger partial charge in [0.2, 0.25) is 0 Å². The molecule has 0 amide bonds. The Bertz CT molecular complexity index is 343. The van der Waals surface area contributed by atoms with Gasteiger partial charge in [0.05, 0.1) is 6.61 Å². The zero-order valence-electron chi connectivity index (χ0n) is 10.7. The number of aryl methyl sites for hydroxylation is 1. The van der Waals surface area contributed by atoms with Crippen LogP contribution in [0.4, 0.5) is 0 Å². The third kappa shape index (κ3) is 4.57. The Morgan fingerprint density at radius 1 is 1.41 bits per heavy atom. The zero-order chi connectivity index (χ0) is 11.4. The van der Waals surface area contributed by atoms with E-state index in [-0.39, 0.29) is 12.4 Å². The molecule has 0 bridgehead atoms. The first-order chi connectivity index (χ1) is 7.74. The van der Waals surface area contributed by atoms with Crippen LogP contribution in [0.15, 0.2) is 24.3 Å². The lowest BCUT2D eigenvalue weighted by molar-refractivity contribution is 0.150. The fraction of sp³-hybridized carbons (Fsp3) is 0.571. The molecule has 0 saturated carbocycles. The van der Waals surface area contributed by atoms with E-state index in [2.05, 4.69) is 37.1 Å². The first kappa shape index (κ1) is 14.3. The summed E-state index contributed by atoms with van der Waals surface area (Å²) in [7, 11) is 2.19. The molecule has 1 unspecified atom stereocenters. The number of hydrogen-bond donors (Lipinski definition) is 0. The Hall–Kier alpha value is -0.730. The van der Waals surface area contributed by atoms with E-state index in [0.717, 1.165) is 12.4 Å². The number of benzene rings is 1. The molecule has 1 aliphatic heterocycles. The highest BCUT2D eigenvalue weighted by molar-refractivity contribution is 5.85. The molecule has 17 heavy (non-hydrogen) atoms. The van der Waals surface area contributed by atoms with E-state index >= 15 is 0 Å². The van der Waals surface area contributed by atoms with Gasteiger partial charge in [0.15, 0.2) is 0 Å². The molecule has 1 atom stereocenters. The van der Waals surface area contributed by atoms with Crippen LogP contribution in [0.3, 0.4) is 0 Å². The normalized spacial score (nSPS) is 20.7. The van der Waals surface area contributed by atoms with Crippen LogP contribution in [-0.2, 0) is 0 Å². The van der Waals surface area contributed by atoms with Crippen LogP contribution in [0.1, 0.15) is 18.4 Å². The molecular formula is C14H22ClNO. The summed E-state index contributed by atoms with van der Waals surface area (Å²) in [4.78, 5) is 2.40. The molecule has 0 aliphatic carbocycles. The van der Waals surface area contributed by atoms with Crippen LogP contribution in [0, 0.1) is 12.8 Å². The summed E-state index contributed by atoms with van der Waals surface area (Å²) in [6.45, 7) is 5.36. The Morgan fingerprint density at radius 3 is 2.94 bits per heavy atom. The second kappa shape index (κ2) is 6.87. The number of hydrogen-bond acceptors (Lipinski definition) is 2. The second-order valence-corrected chi connectivity index (χ2v) is 4.90. The molecule has 0 radical (unpaired) electrons. The lowest BCUT2D eigenvalue weighted by Gasteiger charge is -2.29. The summed E-state index contributed by atoms with van der Waals surface area (Å²) in [5.74, 6) is 1.70. The molecule has 3 heteroatoms. The molecule has 1 fully saturated rings. The van der Waals surface area contributed by atoms with E-state index < -0.39 is 0 Å². The maximum absolute atomic E-state index is 5.85. The standard InChI is InChI=1S/C14H21NO.ClH/c1-12-5-3-7-14(9-12)16-11-13-6-4-8-15(2)10-13;/h3,5,7,9,13H,4,6,8,10-11H2,1-2H3;1H. The van der Waals surface area contributed by atoms with Gasteiger partial charge >= 0.3 is 0 Å². The van der Waals surface area contributed by atoms with Crippen molar-refractivity contribution in [3.63, 3.8) is 0 Å². The first-order valence-corrected chi connectivity index (χ1v) is 6.12. The molecule has 1 aromatic carbocycles. The van der Waals surface area contributed by atoms with E-state index in [0.29, 0.717) is 5.92 Å². The third-order valence-electron chi connectivity index (χ3n) is 3.20. The number of nitrogens with zero attached hydrogens (tertiary/aromatic N) is 1. The van der Waals surface area contributed by atoms with Gasteiger partial charge in [-0.05, 0) is 51.1 Å². The van der Waals surface area contributed by atoms with E-state index in [1.165, 1.54) is 31.5 Å². The van der Waals surface area contributed by atoms with Gasteiger partial charge in [-0.1, -0.05) is 12.1 Å². The minimum absolute atomic E-state index is 0. The van der Waals surface area contributed by atoms with Crippen molar-refractivity contribution >= 4 is 12.4 Å². The van der Waals surface area contributed by atoms with Crippen molar-refractivity contribution in [2.45, 2.75) is 19.8 Å². The van der Waals surface area contributed by atoms with Gasteiger partial charge in [0.1, 0.15) is 5.75 Å². The largest absolute Gasteiger partial charge is 0.493 e. The summed E-state index contributed by atoms with van der Waals surface area (Å²) in [6, 6.07) is 8.30. The van der Waals surface area contributed by atoms with Gasteiger partial charge in [0.25, 0.3) is 0 Å². The second-order valence-electron chi connectivity index (χ2n) is 4.90. The van der Waals surface area contributed by atoms with Crippen molar-refractivity contribution < 1.29 is 4.74 Å². The maximum atomic E-state index is 5.85. The van der Waals surface area contributed by atoms with Crippen molar-refractivity contribution in [3.05, 3.63) is 29.8 Å². The molecule has 96 valence electrons. The number of likely N-dealkylation sites (tertiary alicyclic amines) is 1. The van der Waals surface area contributed by atoms with Gasteiger partial charge in [-0.3, -0.25) is 0 Å². The topological polar surface area (TPSA) is 12.5 Å². The minimum atomic E-state index is 0. The maximum Gasteiger partial charge on any atom is 0.119 e. The quantitative estimate of drug-likeness (QED) is 0.823. The predicted molar refractivity (Wildman–Crippen MR) is 74.1 cm³/mol. The molecule has 2 nitrogen and oxygen atoms in total.